The fraction of sp³-hybridized carbons (Fsp3) is 0.238. The van der Waals surface area contributed by atoms with E-state index in [9.17, 15) is 4.79 Å². The molecule has 0 saturated carbocycles. The lowest BCUT2D eigenvalue weighted by atomic mass is 10.1. The maximum atomic E-state index is 12.6. The lowest BCUT2D eigenvalue weighted by Crippen LogP contribution is -2.13. The first-order valence-corrected chi connectivity index (χ1v) is 9.33. The standard InChI is InChI=1S/C21H20ClN3O2/c1-27-19-10-7-15(22)12-17(19)21(26)23-16-8-5-14(6-9-16)18-13-25-11-3-2-4-20(25)24-18/h5-10,12-13H,2-4,11H2,1H3,(H,23,26). The van der Waals surface area contributed by atoms with E-state index in [2.05, 4.69) is 16.1 Å². The van der Waals surface area contributed by atoms with Crippen molar-refractivity contribution in [3.63, 3.8) is 0 Å². The predicted molar refractivity (Wildman–Crippen MR) is 107 cm³/mol. The van der Waals surface area contributed by atoms with Gasteiger partial charge in [-0.25, -0.2) is 4.98 Å². The number of aromatic nitrogens is 2. The van der Waals surface area contributed by atoms with Gasteiger partial charge in [-0.3, -0.25) is 4.79 Å². The van der Waals surface area contributed by atoms with Gasteiger partial charge in [0.25, 0.3) is 5.91 Å². The Kier molecular flexibility index (Phi) is 4.86. The largest absolute Gasteiger partial charge is 0.496 e. The summed E-state index contributed by atoms with van der Waals surface area (Å²) in [4.78, 5) is 17.3. The first-order valence-electron chi connectivity index (χ1n) is 8.95. The van der Waals surface area contributed by atoms with Crippen LogP contribution in [0, 0.1) is 0 Å². The molecular formula is C21H20ClN3O2. The summed E-state index contributed by atoms with van der Waals surface area (Å²) in [5.41, 5.74) is 3.11. The third-order valence-electron chi connectivity index (χ3n) is 4.75. The number of methoxy groups -OCH3 is 1. The van der Waals surface area contributed by atoms with E-state index in [0.29, 0.717) is 22.0 Å². The molecule has 4 rings (SSSR count). The fourth-order valence-corrected chi connectivity index (χ4v) is 3.50. The van der Waals surface area contributed by atoms with Crippen molar-refractivity contribution in [2.24, 2.45) is 0 Å². The summed E-state index contributed by atoms with van der Waals surface area (Å²) in [5.74, 6) is 1.37. The Hall–Kier alpha value is -2.79. The minimum Gasteiger partial charge on any atom is -0.496 e. The summed E-state index contributed by atoms with van der Waals surface area (Å²) in [6, 6.07) is 12.7. The second-order valence-corrected chi connectivity index (χ2v) is 7.01. The molecule has 27 heavy (non-hydrogen) atoms. The van der Waals surface area contributed by atoms with Gasteiger partial charge in [0.2, 0.25) is 0 Å². The van der Waals surface area contributed by atoms with Gasteiger partial charge < -0.3 is 14.6 Å². The number of aryl methyl sites for hydroxylation is 2. The normalized spacial score (nSPS) is 13.1. The Morgan fingerprint density at radius 3 is 2.74 bits per heavy atom. The first-order chi connectivity index (χ1) is 13.1. The molecule has 0 aliphatic carbocycles. The highest BCUT2D eigenvalue weighted by Gasteiger charge is 2.15. The molecule has 0 fully saturated rings. The zero-order valence-corrected chi connectivity index (χ0v) is 15.8. The number of amides is 1. The number of benzene rings is 2. The number of carbonyl (C=O) groups excluding carboxylic acids is 1. The van der Waals surface area contributed by atoms with Crippen LogP contribution in [0.5, 0.6) is 5.75 Å². The number of rotatable bonds is 4. The van der Waals surface area contributed by atoms with Crippen molar-refractivity contribution in [2.45, 2.75) is 25.8 Å². The SMILES string of the molecule is COc1ccc(Cl)cc1C(=O)Nc1ccc(-c2cn3c(n2)CCCC3)cc1. The second kappa shape index (κ2) is 7.45. The molecule has 0 bridgehead atoms. The molecule has 138 valence electrons. The van der Waals surface area contributed by atoms with E-state index in [1.54, 1.807) is 18.2 Å². The third-order valence-corrected chi connectivity index (χ3v) is 4.99. The highest BCUT2D eigenvalue weighted by atomic mass is 35.5. The Morgan fingerprint density at radius 2 is 2.00 bits per heavy atom. The number of imidazole rings is 1. The average molecular weight is 382 g/mol. The zero-order valence-electron chi connectivity index (χ0n) is 15.0. The van der Waals surface area contributed by atoms with Gasteiger partial charge in [0.05, 0.1) is 18.4 Å². The predicted octanol–water partition coefficient (Wildman–Crippen LogP) is 4.80. The molecule has 0 spiro atoms. The van der Waals surface area contributed by atoms with Crippen LogP contribution in [0.3, 0.4) is 0 Å². The molecule has 0 radical (unpaired) electrons. The number of hydrogen-bond donors (Lipinski definition) is 1. The van der Waals surface area contributed by atoms with Gasteiger partial charge in [-0.15, -0.1) is 0 Å². The van der Waals surface area contributed by atoms with Gasteiger partial charge in [-0.05, 0) is 43.2 Å². The van der Waals surface area contributed by atoms with Crippen molar-refractivity contribution in [1.29, 1.82) is 0 Å². The van der Waals surface area contributed by atoms with Gasteiger partial charge in [0.15, 0.2) is 0 Å². The Labute approximate surface area is 162 Å². The van der Waals surface area contributed by atoms with E-state index in [0.717, 1.165) is 30.0 Å². The van der Waals surface area contributed by atoms with Crippen LogP contribution in [0.15, 0.2) is 48.7 Å². The number of hydrogen-bond acceptors (Lipinski definition) is 3. The summed E-state index contributed by atoms with van der Waals surface area (Å²) in [6.07, 6.45) is 5.56. The average Bonchev–Trinajstić information content (AvgIpc) is 3.12. The lowest BCUT2D eigenvalue weighted by Gasteiger charge is -2.11. The highest BCUT2D eigenvalue weighted by molar-refractivity contribution is 6.31. The van der Waals surface area contributed by atoms with Crippen molar-refractivity contribution < 1.29 is 9.53 Å². The molecule has 6 heteroatoms. The summed E-state index contributed by atoms with van der Waals surface area (Å²) >= 11 is 6.01. The molecular weight excluding hydrogens is 362 g/mol. The number of nitrogens with one attached hydrogen (secondary N) is 1. The van der Waals surface area contributed by atoms with E-state index in [1.807, 2.05) is 24.3 Å². The summed E-state index contributed by atoms with van der Waals surface area (Å²) in [5, 5.41) is 3.37. The molecule has 0 saturated heterocycles. The van der Waals surface area contributed by atoms with Gasteiger partial charge in [0.1, 0.15) is 11.6 Å². The molecule has 0 atom stereocenters. The Balaban J connectivity index is 1.52. The molecule has 3 aromatic rings. The maximum Gasteiger partial charge on any atom is 0.259 e. The quantitative estimate of drug-likeness (QED) is 0.706. The van der Waals surface area contributed by atoms with Crippen LogP contribution in [0.4, 0.5) is 5.69 Å². The molecule has 1 aliphatic heterocycles. The molecule has 5 nitrogen and oxygen atoms in total. The summed E-state index contributed by atoms with van der Waals surface area (Å²) < 4.78 is 7.48. The van der Waals surface area contributed by atoms with Crippen molar-refractivity contribution >= 4 is 23.2 Å². The van der Waals surface area contributed by atoms with E-state index in [4.69, 9.17) is 21.3 Å². The molecule has 1 amide bonds. The molecule has 0 unspecified atom stereocenters. The second-order valence-electron chi connectivity index (χ2n) is 6.57. The number of halogens is 1. The molecule has 1 aliphatic rings. The first kappa shape index (κ1) is 17.6. The van der Waals surface area contributed by atoms with Crippen molar-refractivity contribution in [1.82, 2.24) is 9.55 Å². The molecule has 1 aromatic heterocycles. The number of nitrogens with zero attached hydrogens (tertiary/aromatic N) is 2. The summed E-state index contributed by atoms with van der Waals surface area (Å²) in [7, 11) is 1.53. The van der Waals surface area contributed by atoms with Crippen LogP contribution in [-0.2, 0) is 13.0 Å². The van der Waals surface area contributed by atoms with E-state index < -0.39 is 0 Å². The summed E-state index contributed by atoms with van der Waals surface area (Å²) in [6.45, 7) is 1.04. The van der Waals surface area contributed by atoms with E-state index in [1.165, 1.54) is 20.0 Å². The lowest BCUT2D eigenvalue weighted by molar-refractivity contribution is 0.102. The van der Waals surface area contributed by atoms with Crippen molar-refractivity contribution in [3.8, 4) is 17.0 Å². The maximum absolute atomic E-state index is 12.6. The molecule has 1 N–H and O–H groups in total. The van der Waals surface area contributed by atoms with Crippen LogP contribution in [0.25, 0.3) is 11.3 Å². The minimum atomic E-state index is -0.264. The minimum absolute atomic E-state index is 0.264. The van der Waals surface area contributed by atoms with E-state index in [-0.39, 0.29) is 5.91 Å². The smallest absolute Gasteiger partial charge is 0.259 e. The van der Waals surface area contributed by atoms with Crippen molar-refractivity contribution in [3.05, 3.63) is 65.1 Å². The molecule has 2 heterocycles. The zero-order chi connectivity index (χ0) is 18.8. The van der Waals surface area contributed by atoms with Crippen LogP contribution >= 0.6 is 11.6 Å². The van der Waals surface area contributed by atoms with Crippen LogP contribution < -0.4 is 10.1 Å². The van der Waals surface area contributed by atoms with Crippen LogP contribution in [-0.4, -0.2) is 22.6 Å². The molecule has 2 aromatic carbocycles. The third kappa shape index (κ3) is 3.69. The van der Waals surface area contributed by atoms with Gasteiger partial charge in [0, 0.05) is 35.4 Å². The van der Waals surface area contributed by atoms with E-state index >= 15 is 0 Å². The Morgan fingerprint density at radius 1 is 1.19 bits per heavy atom. The Bertz CT molecular complexity index is 956. The highest BCUT2D eigenvalue weighted by Crippen LogP contribution is 2.26. The van der Waals surface area contributed by atoms with Gasteiger partial charge >= 0.3 is 0 Å². The number of carbonyl (C=O) groups is 1. The number of fused-ring (bicyclic) bond motifs is 1. The topological polar surface area (TPSA) is 56.1 Å². The number of anilines is 1. The monoisotopic (exact) mass is 381 g/mol. The number of ether oxygens (including phenoxy) is 1. The van der Waals surface area contributed by atoms with Crippen LogP contribution in [0.1, 0.15) is 29.0 Å². The van der Waals surface area contributed by atoms with Crippen molar-refractivity contribution in [2.75, 3.05) is 12.4 Å². The fourth-order valence-electron chi connectivity index (χ4n) is 3.33. The van der Waals surface area contributed by atoms with Gasteiger partial charge in [-0.1, -0.05) is 23.7 Å². The van der Waals surface area contributed by atoms with Gasteiger partial charge in [-0.2, -0.15) is 0 Å². The van der Waals surface area contributed by atoms with Crippen LogP contribution in [0.2, 0.25) is 5.02 Å².